The van der Waals surface area contributed by atoms with Gasteiger partial charge >= 0.3 is 0 Å². The number of para-hydroxylation sites is 1. The molecule has 1 aromatic rings. The number of ether oxygens (including phenoxy) is 1. The van der Waals surface area contributed by atoms with Crippen LogP contribution in [-0.2, 0) is 11.3 Å². The zero-order valence-electron chi connectivity index (χ0n) is 13.2. The maximum atomic E-state index is 9.60. The molecule has 4 nitrogen and oxygen atoms in total. The van der Waals surface area contributed by atoms with Crippen LogP contribution < -0.4 is 5.32 Å². The molecule has 0 amide bonds. The fourth-order valence-electron chi connectivity index (χ4n) is 2.72. The summed E-state index contributed by atoms with van der Waals surface area (Å²) in [6.07, 6.45) is 1.66. The first-order valence-electron chi connectivity index (χ1n) is 8.01. The molecule has 1 aliphatic heterocycles. The number of hydrogen-bond acceptors (Lipinski definition) is 4. The monoisotopic (exact) mass is 292 g/mol. The average Bonchev–Trinajstić information content (AvgIpc) is 2.49. The van der Waals surface area contributed by atoms with E-state index in [1.165, 1.54) is 11.3 Å². The van der Waals surface area contributed by atoms with E-state index < -0.39 is 0 Å². The third-order valence-corrected chi connectivity index (χ3v) is 3.94. The van der Waals surface area contributed by atoms with Crippen molar-refractivity contribution in [1.82, 2.24) is 4.90 Å². The molecule has 2 N–H and O–H groups in total. The Labute approximate surface area is 128 Å². The molecule has 1 aromatic carbocycles. The largest absolute Gasteiger partial charge is 0.393 e. The summed E-state index contributed by atoms with van der Waals surface area (Å²) in [5, 5.41) is 13.1. The minimum Gasteiger partial charge on any atom is -0.393 e. The van der Waals surface area contributed by atoms with Gasteiger partial charge < -0.3 is 15.2 Å². The predicted molar refractivity (Wildman–Crippen MR) is 86.5 cm³/mol. The third-order valence-electron chi connectivity index (χ3n) is 3.94. The lowest BCUT2D eigenvalue weighted by Gasteiger charge is -2.30. The standard InChI is InChI=1S/C17H28N2O2/c1-3-21-13-14(2)18-17-7-5-4-6-15(17)12-19-10-8-16(20)9-11-19/h4-7,14,16,18,20H,3,8-13H2,1-2H3. The Bertz CT molecular complexity index is 417. The van der Waals surface area contributed by atoms with Gasteiger partial charge in [-0.05, 0) is 38.3 Å². The molecule has 1 atom stereocenters. The number of benzene rings is 1. The number of nitrogens with one attached hydrogen (secondary N) is 1. The van der Waals surface area contributed by atoms with Gasteiger partial charge in [0.05, 0.1) is 12.7 Å². The number of nitrogens with zero attached hydrogens (tertiary/aromatic N) is 1. The van der Waals surface area contributed by atoms with Crippen molar-refractivity contribution >= 4 is 5.69 Å². The summed E-state index contributed by atoms with van der Waals surface area (Å²) in [5.74, 6) is 0. The quantitative estimate of drug-likeness (QED) is 0.810. The lowest BCUT2D eigenvalue weighted by molar-refractivity contribution is 0.0793. The van der Waals surface area contributed by atoms with Crippen LogP contribution in [0.5, 0.6) is 0 Å². The van der Waals surface area contributed by atoms with E-state index in [2.05, 4.69) is 41.4 Å². The van der Waals surface area contributed by atoms with Crippen molar-refractivity contribution in [2.45, 2.75) is 45.4 Å². The first-order chi connectivity index (χ1) is 10.2. The highest BCUT2D eigenvalue weighted by Crippen LogP contribution is 2.20. The van der Waals surface area contributed by atoms with Crippen LogP contribution in [0.1, 0.15) is 32.3 Å². The number of anilines is 1. The molecule has 0 saturated carbocycles. The van der Waals surface area contributed by atoms with E-state index in [-0.39, 0.29) is 6.10 Å². The number of rotatable bonds is 7. The molecule has 21 heavy (non-hydrogen) atoms. The van der Waals surface area contributed by atoms with Crippen molar-refractivity contribution in [2.24, 2.45) is 0 Å². The molecule has 0 bridgehead atoms. The molecule has 1 unspecified atom stereocenters. The molecule has 0 aliphatic carbocycles. The molecule has 0 spiro atoms. The molecule has 118 valence electrons. The van der Waals surface area contributed by atoms with Crippen LogP contribution >= 0.6 is 0 Å². The highest BCUT2D eigenvalue weighted by atomic mass is 16.5. The van der Waals surface area contributed by atoms with E-state index in [0.717, 1.165) is 45.7 Å². The van der Waals surface area contributed by atoms with Crippen LogP contribution in [0.3, 0.4) is 0 Å². The van der Waals surface area contributed by atoms with Crippen LogP contribution in [0.15, 0.2) is 24.3 Å². The fourth-order valence-corrected chi connectivity index (χ4v) is 2.72. The van der Waals surface area contributed by atoms with Crippen LogP contribution in [0.4, 0.5) is 5.69 Å². The third kappa shape index (κ3) is 5.30. The van der Waals surface area contributed by atoms with Crippen molar-refractivity contribution in [3.05, 3.63) is 29.8 Å². The number of likely N-dealkylation sites (tertiary alicyclic amines) is 1. The van der Waals surface area contributed by atoms with Crippen molar-refractivity contribution in [2.75, 3.05) is 31.6 Å². The minimum atomic E-state index is -0.110. The first-order valence-corrected chi connectivity index (χ1v) is 8.01. The molecule has 4 heteroatoms. The van der Waals surface area contributed by atoms with Crippen LogP contribution in [0, 0.1) is 0 Å². The molecule has 2 rings (SSSR count). The summed E-state index contributed by atoms with van der Waals surface area (Å²) >= 11 is 0. The Morgan fingerprint density at radius 1 is 1.33 bits per heavy atom. The maximum absolute atomic E-state index is 9.60. The van der Waals surface area contributed by atoms with Crippen LogP contribution in [0.2, 0.25) is 0 Å². The van der Waals surface area contributed by atoms with Gasteiger partial charge in [0.1, 0.15) is 0 Å². The summed E-state index contributed by atoms with van der Waals surface area (Å²) in [6.45, 7) is 8.53. The molecule has 1 aliphatic rings. The fraction of sp³-hybridized carbons (Fsp3) is 0.647. The normalized spacial score (nSPS) is 18.6. The van der Waals surface area contributed by atoms with E-state index in [4.69, 9.17) is 4.74 Å². The van der Waals surface area contributed by atoms with Gasteiger partial charge in [-0.25, -0.2) is 0 Å². The molecule has 0 aromatic heterocycles. The highest BCUT2D eigenvalue weighted by Gasteiger charge is 2.18. The molecular weight excluding hydrogens is 264 g/mol. The summed E-state index contributed by atoms with van der Waals surface area (Å²) in [5.41, 5.74) is 2.51. The highest BCUT2D eigenvalue weighted by molar-refractivity contribution is 5.51. The van der Waals surface area contributed by atoms with Crippen LogP contribution in [-0.4, -0.2) is 48.5 Å². The number of hydrogen-bond donors (Lipinski definition) is 2. The second-order valence-corrected chi connectivity index (χ2v) is 5.87. The molecule has 0 radical (unpaired) electrons. The Hall–Kier alpha value is -1.10. The second-order valence-electron chi connectivity index (χ2n) is 5.87. The Morgan fingerprint density at radius 3 is 2.76 bits per heavy atom. The zero-order chi connectivity index (χ0) is 15.1. The lowest BCUT2D eigenvalue weighted by Crippen LogP contribution is -2.35. The van der Waals surface area contributed by atoms with E-state index in [9.17, 15) is 5.11 Å². The predicted octanol–water partition coefficient (Wildman–Crippen LogP) is 2.48. The van der Waals surface area contributed by atoms with Crippen molar-refractivity contribution < 1.29 is 9.84 Å². The second kappa shape index (κ2) is 8.37. The van der Waals surface area contributed by atoms with E-state index in [1.807, 2.05) is 6.92 Å². The lowest BCUT2D eigenvalue weighted by atomic mass is 10.1. The molecule has 1 fully saturated rings. The molecule has 1 heterocycles. The van der Waals surface area contributed by atoms with Gasteiger partial charge in [0.15, 0.2) is 0 Å². The maximum Gasteiger partial charge on any atom is 0.0664 e. The smallest absolute Gasteiger partial charge is 0.0664 e. The number of piperidine rings is 1. The van der Waals surface area contributed by atoms with E-state index in [0.29, 0.717) is 6.04 Å². The molecule has 1 saturated heterocycles. The topological polar surface area (TPSA) is 44.7 Å². The Balaban J connectivity index is 1.93. The van der Waals surface area contributed by atoms with Crippen molar-refractivity contribution in [3.8, 4) is 0 Å². The average molecular weight is 292 g/mol. The van der Waals surface area contributed by atoms with Gasteiger partial charge in [-0.2, -0.15) is 0 Å². The van der Waals surface area contributed by atoms with Gasteiger partial charge in [0.2, 0.25) is 0 Å². The van der Waals surface area contributed by atoms with Gasteiger partial charge in [-0.15, -0.1) is 0 Å². The van der Waals surface area contributed by atoms with Gasteiger partial charge in [0.25, 0.3) is 0 Å². The summed E-state index contributed by atoms with van der Waals surface area (Å²) in [7, 11) is 0. The minimum absolute atomic E-state index is 0.110. The summed E-state index contributed by atoms with van der Waals surface area (Å²) < 4.78 is 5.47. The first kappa shape index (κ1) is 16.3. The molecular formula is C17H28N2O2. The summed E-state index contributed by atoms with van der Waals surface area (Å²) in [4.78, 5) is 2.42. The summed E-state index contributed by atoms with van der Waals surface area (Å²) in [6, 6.07) is 8.78. The Kier molecular flexibility index (Phi) is 6.49. The SMILES string of the molecule is CCOCC(C)Nc1ccccc1CN1CCC(O)CC1. The van der Waals surface area contributed by atoms with Crippen molar-refractivity contribution in [1.29, 1.82) is 0 Å². The van der Waals surface area contributed by atoms with Gasteiger partial charge in [0, 0.05) is 38.0 Å². The van der Waals surface area contributed by atoms with E-state index in [1.54, 1.807) is 0 Å². The zero-order valence-corrected chi connectivity index (χ0v) is 13.2. The van der Waals surface area contributed by atoms with Gasteiger partial charge in [-0.1, -0.05) is 18.2 Å². The Morgan fingerprint density at radius 2 is 2.05 bits per heavy atom. The van der Waals surface area contributed by atoms with Crippen molar-refractivity contribution in [3.63, 3.8) is 0 Å². The van der Waals surface area contributed by atoms with E-state index >= 15 is 0 Å². The van der Waals surface area contributed by atoms with Gasteiger partial charge in [-0.3, -0.25) is 4.90 Å². The van der Waals surface area contributed by atoms with Crippen LogP contribution in [0.25, 0.3) is 0 Å². The number of aliphatic hydroxyl groups excluding tert-OH is 1. The number of aliphatic hydroxyl groups is 1.